The van der Waals surface area contributed by atoms with Gasteiger partial charge in [-0.2, -0.15) is 5.10 Å². The van der Waals surface area contributed by atoms with Gasteiger partial charge < -0.3 is 10.6 Å². The van der Waals surface area contributed by atoms with E-state index in [1.807, 2.05) is 6.07 Å². The second kappa shape index (κ2) is 4.72. The van der Waals surface area contributed by atoms with Gasteiger partial charge in [0.05, 0.1) is 0 Å². The van der Waals surface area contributed by atoms with Crippen molar-refractivity contribution in [3.8, 4) is 0 Å². The van der Waals surface area contributed by atoms with Crippen LogP contribution >= 0.6 is 0 Å². The molecule has 2 rings (SSSR count). The van der Waals surface area contributed by atoms with Crippen molar-refractivity contribution >= 4 is 5.91 Å². The highest BCUT2D eigenvalue weighted by Gasteiger charge is 2.25. The van der Waals surface area contributed by atoms with Gasteiger partial charge in [0.25, 0.3) is 5.91 Å². The molecular formula is C13H22N4O. The van der Waals surface area contributed by atoms with Crippen molar-refractivity contribution in [3.63, 3.8) is 0 Å². The summed E-state index contributed by atoms with van der Waals surface area (Å²) in [7, 11) is 0. The maximum Gasteiger partial charge on any atom is 0.274 e. The van der Waals surface area contributed by atoms with E-state index in [-0.39, 0.29) is 17.4 Å². The molecule has 18 heavy (non-hydrogen) atoms. The molecule has 2 heterocycles. The van der Waals surface area contributed by atoms with Crippen LogP contribution in [-0.2, 0) is 5.41 Å². The van der Waals surface area contributed by atoms with Crippen molar-refractivity contribution in [3.05, 3.63) is 17.5 Å². The Hall–Kier alpha value is -1.36. The summed E-state index contributed by atoms with van der Waals surface area (Å²) < 4.78 is 0. The number of nitrogens with two attached hydrogens (primary N) is 1. The van der Waals surface area contributed by atoms with Crippen LogP contribution in [0.5, 0.6) is 0 Å². The zero-order valence-corrected chi connectivity index (χ0v) is 11.4. The van der Waals surface area contributed by atoms with E-state index >= 15 is 0 Å². The molecule has 1 aromatic rings. The lowest BCUT2D eigenvalue weighted by atomic mass is 9.92. The third-order valence-electron chi connectivity index (χ3n) is 3.35. The zero-order chi connectivity index (χ0) is 13.3. The van der Waals surface area contributed by atoms with Crippen LogP contribution in [0.4, 0.5) is 0 Å². The van der Waals surface area contributed by atoms with Crippen LogP contribution in [0.3, 0.4) is 0 Å². The van der Waals surface area contributed by atoms with Gasteiger partial charge in [-0.05, 0) is 18.9 Å². The standard InChI is InChI=1S/C13H22N4O/c1-13(2,3)11-7-10(15-16-11)12(18)17-6-4-5-9(14)8-17/h7,9H,4-6,8,14H2,1-3H3,(H,15,16). The lowest BCUT2D eigenvalue weighted by Gasteiger charge is -2.30. The van der Waals surface area contributed by atoms with E-state index in [2.05, 4.69) is 31.0 Å². The summed E-state index contributed by atoms with van der Waals surface area (Å²) in [5, 5.41) is 7.07. The number of amides is 1. The lowest BCUT2D eigenvalue weighted by molar-refractivity contribution is 0.0703. The Morgan fingerprint density at radius 2 is 2.28 bits per heavy atom. The largest absolute Gasteiger partial charge is 0.336 e. The monoisotopic (exact) mass is 250 g/mol. The predicted octanol–water partition coefficient (Wildman–Crippen LogP) is 1.27. The van der Waals surface area contributed by atoms with E-state index in [1.165, 1.54) is 0 Å². The number of hydrogen-bond donors (Lipinski definition) is 2. The topological polar surface area (TPSA) is 75.0 Å². The van der Waals surface area contributed by atoms with Gasteiger partial charge in [-0.1, -0.05) is 20.8 Å². The number of H-pyrrole nitrogens is 1. The molecule has 1 amide bonds. The zero-order valence-electron chi connectivity index (χ0n) is 11.4. The Labute approximate surface area is 108 Å². The highest BCUT2D eigenvalue weighted by molar-refractivity contribution is 5.92. The van der Waals surface area contributed by atoms with Gasteiger partial charge in [-0.15, -0.1) is 0 Å². The second-order valence-electron chi connectivity index (χ2n) is 6.07. The van der Waals surface area contributed by atoms with Gasteiger partial charge in [0.15, 0.2) is 0 Å². The molecule has 0 spiro atoms. The summed E-state index contributed by atoms with van der Waals surface area (Å²) >= 11 is 0. The average Bonchev–Trinajstić information content (AvgIpc) is 2.77. The number of aromatic amines is 1. The van der Waals surface area contributed by atoms with Crippen molar-refractivity contribution in [2.45, 2.75) is 45.1 Å². The lowest BCUT2D eigenvalue weighted by Crippen LogP contribution is -2.45. The van der Waals surface area contributed by atoms with Crippen LogP contribution in [0.25, 0.3) is 0 Å². The van der Waals surface area contributed by atoms with E-state index < -0.39 is 0 Å². The maximum atomic E-state index is 12.3. The fourth-order valence-electron chi connectivity index (χ4n) is 2.17. The Kier molecular flexibility index (Phi) is 3.43. The molecule has 5 nitrogen and oxygen atoms in total. The number of aromatic nitrogens is 2. The van der Waals surface area contributed by atoms with E-state index in [4.69, 9.17) is 5.73 Å². The van der Waals surface area contributed by atoms with E-state index in [0.29, 0.717) is 12.2 Å². The molecule has 5 heteroatoms. The molecule has 1 saturated heterocycles. The van der Waals surface area contributed by atoms with Crippen LogP contribution < -0.4 is 5.73 Å². The van der Waals surface area contributed by atoms with Crippen molar-refractivity contribution in [1.82, 2.24) is 15.1 Å². The Morgan fingerprint density at radius 3 is 2.83 bits per heavy atom. The number of piperidine rings is 1. The molecule has 1 aromatic heterocycles. The smallest absolute Gasteiger partial charge is 0.274 e. The summed E-state index contributed by atoms with van der Waals surface area (Å²) in [6.07, 6.45) is 1.97. The molecule has 0 bridgehead atoms. The van der Waals surface area contributed by atoms with Gasteiger partial charge in [0.1, 0.15) is 5.69 Å². The number of hydrogen-bond acceptors (Lipinski definition) is 3. The van der Waals surface area contributed by atoms with E-state index in [0.717, 1.165) is 25.1 Å². The number of carbonyl (C=O) groups excluding carboxylic acids is 1. The molecule has 1 atom stereocenters. The first-order valence-corrected chi connectivity index (χ1v) is 6.48. The van der Waals surface area contributed by atoms with Crippen LogP contribution in [0.1, 0.15) is 49.8 Å². The number of carbonyl (C=O) groups is 1. The Bertz CT molecular complexity index is 432. The molecule has 1 aliphatic heterocycles. The molecule has 1 aliphatic rings. The summed E-state index contributed by atoms with van der Waals surface area (Å²) in [6, 6.07) is 1.95. The fourth-order valence-corrected chi connectivity index (χ4v) is 2.17. The highest BCUT2D eigenvalue weighted by atomic mass is 16.2. The Morgan fingerprint density at radius 1 is 1.56 bits per heavy atom. The Balaban J connectivity index is 2.11. The first-order chi connectivity index (χ1) is 8.38. The van der Waals surface area contributed by atoms with Gasteiger partial charge in [-0.3, -0.25) is 9.89 Å². The van der Waals surface area contributed by atoms with Crippen LogP contribution in [-0.4, -0.2) is 40.1 Å². The SMILES string of the molecule is CC(C)(C)c1cc(C(=O)N2CCCC(N)C2)n[nH]1. The molecule has 0 saturated carbocycles. The molecule has 1 unspecified atom stereocenters. The van der Waals surface area contributed by atoms with Gasteiger partial charge in [0, 0.05) is 30.2 Å². The third-order valence-corrected chi connectivity index (χ3v) is 3.35. The fraction of sp³-hybridized carbons (Fsp3) is 0.692. The van der Waals surface area contributed by atoms with Crippen LogP contribution in [0.15, 0.2) is 6.07 Å². The maximum absolute atomic E-state index is 12.3. The van der Waals surface area contributed by atoms with Gasteiger partial charge in [-0.25, -0.2) is 0 Å². The average molecular weight is 250 g/mol. The van der Waals surface area contributed by atoms with Crippen LogP contribution in [0.2, 0.25) is 0 Å². The van der Waals surface area contributed by atoms with Crippen molar-refractivity contribution < 1.29 is 4.79 Å². The van der Waals surface area contributed by atoms with E-state index in [1.54, 1.807) is 4.90 Å². The normalized spacial score (nSPS) is 21.1. The van der Waals surface area contributed by atoms with Crippen molar-refractivity contribution in [2.75, 3.05) is 13.1 Å². The third kappa shape index (κ3) is 2.72. The molecule has 100 valence electrons. The van der Waals surface area contributed by atoms with Crippen molar-refractivity contribution in [2.24, 2.45) is 5.73 Å². The quantitative estimate of drug-likeness (QED) is 0.788. The molecule has 0 aliphatic carbocycles. The predicted molar refractivity (Wildman–Crippen MR) is 70.4 cm³/mol. The molecule has 3 N–H and O–H groups in total. The second-order valence-corrected chi connectivity index (χ2v) is 6.07. The van der Waals surface area contributed by atoms with Gasteiger partial charge >= 0.3 is 0 Å². The van der Waals surface area contributed by atoms with E-state index in [9.17, 15) is 4.79 Å². The summed E-state index contributed by atoms with van der Waals surface area (Å²) in [5.41, 5.74) is 7.34. The minimum atomic E-state index is -0.0240. The number of likely N-dealkylation sites (tertiary alicyclic amines) is 1. The number of rotatable bonds is 1. The minimum absolute atomic E-state index is 0.0168. The van der Waals surface area contributed by atoms with Crippen molar-refractivity contribution in [1.29, 1.82) is 0 Å². The first kappa shape index (κ1) is 13.1. The molecular weight excluding hydrogens is 228 g/mol. The molecule has 1 fully saturated rings. The summed E-state index contributed by atoms with van der Waals surface area (Å²) in [4.78, 5) is 14.1. The molecule has 0 radical (unpaired) electrons. The van der Waals surface area contributed by atoms with Crippen LogP contribution in [0, 0.1) is 0 Å². The first-order valence-electron chi connectivity index (χ1n) is 6.48. The summed E-state index contributed by atoms with van der Waals surface area (Å²) in [5.74, 6) is -0.0168. The minimum Gasteiger partial charge on any atom is -0.336 e. The molecule has 0 aromatic carbocycles. The number of nitrogens with zero attached hydrogens (tertiary/aromatic N) is 2. The number of nitrogens with one attached hydrogen (secondary N) is 1. The van der Waals surface area contributed by atoms with Gasteiger partial charge in [0.2, 0.25) is 0 Å². The summed E-state index contributed by atoms with van der Waals surface area (Å²) in [6.45, 7) is 7.68. The highest BCUT2D eigenvalue weighted by Crippen LogP contribution is 2.21.